The maximum absolute atomic E-state index is 12.6. The highest BCUT2D eigenvalue weighted by atomic mass is 32.2. The topological polar surface area (TPSA) is 98.0 Å². The number of aromatic nitrogens is 2. The molecule has 0 radical (unpaired) electrons. The fraction of sp³-hybridized carbons (Fsp3) is 0.250. The number of hydrogen-bond acceptors (Lipinski definition) is 6. The number of rotatable bonds is 5. The molecule has 152 valence electrons. The van der Waals surface area contributed by atoms with E-state index in [-0.39, 0.29) is 22.6 Å². The van der Waals surface area contributed by atoms with E-state index in [0.717, 1.165) is 9.87 Å². The Kier molecular flexibility index (Phi) is 5.54. The van der Waals surface area contributed by atoms with Crippen LogP contribution in [0.4, 0.5) is 0 Å². The Hall–Kier alpha value is -3.04. The smallest absolute Gasteiger partial charge is 0.338 e. The number of carbonyl (C=O) groups is 1. The quantitative estimate of drug-likeness (QED) is 0.591. The molecule has 0 aliphatic heterocycles. The van der Waals surface area contributed by atoms with Crippen molar-refractivity contribution in [2.45, 2.75) is 25.3 Å². The van der Waals surface area contributed by atoms with Gasteiger partial charge in [-0.2, -0.15) is 0 Å². The zero-order valence-electron chi connectivity index (χ0n) is 16.5. The van der Waals surface area contributed by atoms with Crippen LogP contribution < -0.4 is 5.56 Å². The molecular weight excluding hydrogens is 394 g/mol. The number of hydrogen-bond donors (Lipinski definition) is 0. The van der Waals surface area contributed by atoms with Gasteiger partial charge in [0.05, 0.1) is 16.2 Å². The molecule has 0 spiro atoms. The van der Waals surface area contributed by atoms with E-state index in [0.29, 0.717) is 16.9 Å². The van der Waals surface area contributed by atoms with Crippen LogP contribution in [0.15, 0.2) is 52.3 Å². The summed E-state index contributed by atoms with van der Waals surface area (Å²) in [5.74, 6) is -0.690. The van der Waals surface area contributed by atoms with Crippen molar-refractivity contribution in [3.63, 3.8) is 0 Å². The van der Waals surface area contributed by atoms with Crippen molar-refractivity contribution in [2.75, 3.05) is 14.1 Å². The summed E-state index contributed by atoms with van der Waals surface area (Å²) in [6.45, 7) is 3.31. The molecule has 9 heteroatoms. The van der Waals surface area contributed by atoms with Gasteiger partial charge in [0.25, 0.3) is 5.56 Å². The lowest BCUT2D eigenvalue weighted by Gasteiger charge is -2.13. The Balaban J connectivity index is 1.88. The van der Waals surface area contributed by atoms with Crippen molar-refractivity contribution in [2.24, 2.45) is 0 Å². The Morgan fingerprint density at radius 3 is 2.55 bits per heavy atom. The molecule has 0 saturated heterocycles. The summed E-state index contributed by atoms with van der Waals surface area (Å²) in [5, 5.41) is 0. The highest BCUT2D eigenvalue weighted by molar-refractivity contribution is 7.89. The number of pyridine rings is 1. The number of fused-ring (bicyclic) bond motifs is 1. The summed E-state index contributed by atoms with van der Waals surface area (Å²) in [4.78, 5) is 29.2. The third kappa shape index (κ3) is 4.06. The zero-order valence-corrected chi connectivity index (χ0v) is 17.4. The summed E-state index contributed by atoms with van der Waals surface area (Å²) in [6.07, 6.45) is 1.62. The molecule has 0 saturated carbocycles. The van der Waals surface area contributed by atoms with E-state index in [9.17, 15) is 18.0 Å². The first-order valence-electron chi connectivity index (χ1n) is 8.79. The molecule has 29 heavy (non-hydrogen) atoms. The average Bonchev–Trinajstić information content (AvgIpc) is 2.67. The minimum absolute atomic E-state index is 0.00208. The number of carbonyl (C=O) groups excluding carboxylic acids is 1. The average molecular weight is 415 g/mol. The van der Waals surface area contributed by atoms with E-state index in [1.54, 1.807) is 25.3 Å². The van der Waals surface area contributed by atoms with E-state index in [1.807, 2.05) is 13.0 Å². The van der Waals surface area contributed by atoms with Gasteiger partial charge in [0, 0.05) is 26.4 Å². The van der Waals surface area contributed by atoms with Crippen molar-refractivity contribution in [1.29, 1.82) is 0 Å². The molecular formula is C20H21N3O5S. The van der Waals surface area contributed by atoms with Crippen molar-refractivity contribution >= 4 is 21.6 Å². The summed E-state index contributed by atoms with van der Waals surface area (Å²) >= 11 is 0. The molecule has 0 aliphatic rings. The molecule has 3 rings (SSSR count). The number of ether oxygens (including phenoxy) is 1. The number of benzene rings is 1. The highest BCUT2D eigenvalue weighted by Gasteiger charge is 2.21. The van der Waals surface area contributed by atoms with Crippen LogP contribution in [0.2, 0.25) is 0 Å². The number of esters is 1. The number of aryl methyl sites for hydroxylation is 2. The van der Waals surface area contributed by atoms with E-state index < -0.39 is 16.0 Å². The number of nitrogens with zero attached hydrogens (tertiary/aromatic N) is 3. The first-order chi connectivity index (χ1) is 13.6. The van der Waals surface area contributed by atoms with Gasteiger partial charge in [-0.1, -0.05) is 12.1 Å². The van der Waals surface area contributed by atoms with Crippen molar-refractivity contribution in [3.05, 3.63) is 75.3 Å². The van der Waals surface area contributed by atoms with Crippen molar-refractivity contribution in [1.82, 2.24) is 13.7 Å². The SMILES string of the molecule is Cc1ccc(S(=O)(=O)N(C)C)cc1C(=O)OCc1cc(=O)n2cccc(C)c2n1. The Morgan fingerprint density at radius 2 is 1.86 bits per heavy atom. The lowest BCUT2D eigenvalue weighted by Crippen LogP contribution is -2.22. The first kappa shape index (κ1) is 20.7. The fourth-order valence-electron chi connectivity index (χ4n) is 2.79. The van der Waals surface area contributed by atoms with Gasteiger partial charge in [0.15, 0.2) is 0 Å². The summed E-state index contributed by atoms with van der Waals surface area (Å²) < 4.78 is 32.4. The minimum atomic E-state index is -3.68. The Morgan fingerprint density at radius 1 is 1.14 bits per heavy atom. The molecule has 8 nitrogen and oxygen atoms in total. The summed E-state index contributed by atoms with van der Waals surface area (Å²) in [5.41, 5.74) is 2.06. The Labute approximate surface area is 168 Å². The maximum Gasteiger partial charge on any atom is 0.338 e. The molecule has 1 aromatic carbocycles. The van der Waals surface area contributed by atoms with Crippen molar-refractivity contribution < 1.29 is 17.9 Å². The van der Waals surface area contributed by atoms with Crippen LogP contribution in [0.25, 0.3) is 5.65 Å². The standard InChI is InChI=1S/C20H21N3O5S/c1-13-7-8-16(29(26,27)22(3)4)11-17(13)20(25)28-12-15-10-18(24)23-9-5-6-14(2)19(23)21-15/h5-11H,12H2,1-4H3. The molecule has 2 aromatic heterocycles. The van der Waals surface area contributed by atoms with Crippen LogP contribution in [0.5, 0.6) is 0 Å². The van der Waals surface area contributed by atoms with Crippen molar-refractivity contribution in [3.8, 4) is 0 Å². The normalized spacial score (nSPS) is 11.8. The third-order valence-corrected chi connectivity index (χ3v) is 6.31. The van der Waals surface area contributed by atoms with Crippen LogP contribution in [-0.2, 0) is 21.4 Å². The lowest BCUT2D eigenvalue weighted by atomic mass is 10.1. The molecule has 0 unspecified atom stereocenters. The number of sulfonamides is 1. The second-order valence-electron chi connectivity index (χ2n) is 6.81. The van der Waals surface area contributed by atoms with E-state index in [4.69, 9.17) is 4.74 Å². The summed E-state index contributed by atoms with van der Waals surface area (Å²) in [7, 11) is -0.851. The van der Waals surface area contributed by atoms with Gasteiger partial charge < -0.3 is 4.74 Å². The lowest BCUT2D eigenvalue weighted by molar-refractivity contribution is 0.0466. The van der Waals surface area contributed by atoms with E-state index in [2.05, 4.69) is 4.98 Å². The zero-order chi connectivity index (χ0) is 21.3. The van der Waals surface area contributed by atoms with Crippen LogP contribution in [0, 0.1) is 13.8 Å². The molecule has 0 fully saturated rings. The largest absolute Gasteiger partial charge is 0.456 e. The van der Waals surface area contributed by atoms with Gasteiger partial charge in [-0.25, -0.2) is 22.5 Å². The monoisotopic (exact) mass is 415 g/mol. The van der Waals surface area contributed by atoms with Gasteiger partial charge in [-0.15, -0.1) is 0 Å². The van der Waals surface area contributed by atoms with Crippen LogP contribution >= 0.6 is 0 Å². The minimum Gasteiger partial charge on any atom is -0.456 e. The van der Waals surface area contributed by atoms with Crippen LogP contribution in [0.3, 0.4) is 0 Å². The molecule has 3 aromatic rings. The van der Waals surface area contributed by atoms with E-state index >= 15 is 0 Å². The third-order valence-electron chi connectivity index (χ3n) is 4.50. The molecule has 2 heterocycles. The highest BCUT2D eigenvalue weighted by Crippen LogP contribution is 2.19. The van der Waals surface area contributed by atoms with Gasteiger partial charge >= 0.3 is 5.97 Å². The maximum atomic E-state index is 12.6. The predicted molar refractivity (Wildman–Crippen MR) is 107 cm³/mol. The second-order valence-corrected chi connectivity index (χ2v) is 8.96. The molecule has 0 aliphatic carbocycles. The van der Waals surface area contributed by atoms with Gasteiger partial charge in [-0.05, 0) is 43.2 Å². The van der Waals surface area contributed by atoms with Gasteiger partial charge in [0.1, 0.15) is 12.3 Å². The summed E-state index contributed by atoms with van der Waals surface area (Å²) in [6, 6.07) is 9.17. The van der Waals surface area contributed by atoms with Crippen LogP contribution in [-0.4, -0.2) is 42.2 Å². The second kappa shape index (κ2) is 7.76. The van der Waals surface area contributed by atoms with E-state index in [1.165, 1.54) is 36.7 Å². The molecule has 0 N–H and O–H groups in total. The first-order valence-corrected chi connectivity index (χ1v) is 10.2. The Bertz CT molecular complexity index is 1260. The molecule has 0 atom stereocenters. The van der Waals surface area contributed by atoms with Gasteiger partial charge in [-0.3, -0.25) is 9.20 Å². The fourth-order valence-corrected chi connectivity index (χ4v) is 3.72. The molecule has 0 bridgehead atoms. The van der Waals surface area contributed by atoms with Crippen LogP contribution in [0.1, 0.15) is 27.2 Å². The predicted octanol–water partition coefficient (Wildman–Crippen LogP) is 1.92. The molecule has 0 amide bonds. The van der Waals surface area contributed by atoms with Gasteiger partial charge in [0.2, 0.25) is 10.0 Å².